The van der Waals surface area contributed by atoms with E-state index in [-0.39, 0.29) is 17.2 Å². The molecule has 0 radical (unpaired) electrons. The number of carbonyl (C=O) groups excluding carboxylic acids is 1. The molecule has 114 valence electrons. The van der Waals surface area contributed by atoms with Gasteiger partial charge in [0, 0.05) is 0 Å². The van der Waals surface area contributed by atoms with Crippen LogP contribution in [0.25, 0.3) is 0 Å². The molecule has 1 heterocycles. The molecule has 0 aromatic heterocycles. The lowest BCUT2D eigenvalue weighted by molar-refractivity contribution is -0.154. The smallest absolute Gasteiger partial charge is 0.311 e. The fourth-order valence-electron chi connectivity index (χ4n) is 2.05. The highest BCUT2D eigenvalue weighted by atomic mass is 16.7. The molecule has 0 saturated carbocycles. The molecular formula is C15H30O4. The zero-order chi connectivity index (χ0) is 15.1. The summed E-state index contributed by atoms with van der Waals surface area (Å²) in [6.07, 6.45) is 0.881. The maximum Gasteiger partial charge on any atom is 0.311 e. The van der Waals surface area contributed by atoms with Gasteiger partial charge in [0.05, 0.1) is 25.2 Å². The van der Waals surface area contributed by atoms with Gasteiger partial charge in [-0.15, -0.1) is 0 Å². The van der Waals surface area contributed by atoms with Gasteiger partial charge in [0.2, 0.25) is 0 Å². The van der Waals surface area contributed by atoms with Crippen LogP contribution in [0.5, 0.6) is 0 Å². The SMILES string of the molecule is CC1(C)OCCO1.CCOC(=O)C(C)(C)CC(C)C. The summed E-state index contributed by atoms with van der Waals surface area (Å²) in [6, 6.07) is 0. The molecule has 1 rings (SSSR count). The van der Waals surface area contributed by atoms with Crippen LogP contribution >= 0.6 is 0 Å². The van der Waals surface area contributed by atoms with Gasteiger partial charge < -0.3 is 14.2 Å². The van der Waals surface area contributed by atoms with E-state index in [0.29, 0.717) is 12.5 Å². The van der Waals surface area contributed by atoms with E-state index in [1.54, 1.807) is 0 Å². The third-order valence-electron chi connectivity index (χ3n) is 2.73. The maximum absolute atomic E-state index is 11.4. The quantitative estimate of drug-likeness (QED) is 0.737. The summed E-state index contributed by atoms with van der Waals surface area (Å²) >= 11 is 0. The Kier molecular flexibility index (Phi) is 7.60. The number of hydrogen-bond donors (Lipinski definition) is 0. The second kappa shape index (κ2) is 7.85. The molecule has 0 aromatic carbocycles. The predicted molar refractivity (Wildman–Crippen MR) is 75.9 cm³/mol. The van der Waals surface area contributed by atoms with Gasteiger partial charge in [-0.25, -0.2) is 0 Å². The van der Waals surface area contributed by atoms with Crippen LogP contribution in [-0.4, -0.2) is 31.6 Å². The number of hydrogen-bond acceptors (Lipinski definition) is 4. The van der Waals surface area contributed by atoms with Crippen LogP contribution in [0.3, 0.4) is 0 Å². The summed E-state index contributed by atoms with van der Waals surface area (Å²) in [5, 5.41) is 0. The third kappa shape index (κ3) is 8.22. The van der Waals surface area contributed by atoms with E-state index >= 15 is 0 Å². The van der Waals surface area contributed by atoms with Crippen LogP contribution in [0.1, 0.15) is 54.9 Å². The maximum atomic E-state index is 11.4. The Morgan fingerprint density at radius 2 is 1.74 bits per heavy atom. The van der Waals surface area contributed by atoms with Crippen LogP contribution in [0, 0.1) is 11.3 Å². The van der Waals surface area contributed by atoms with Gasteiger partial charge in [-0.05, 0) is 47.0 Å². The minimum atomic E-state index is -0.329. The van der Waals surface area contributed by atoms with Crippen molar-refractivity contribution in [2.75, 3.05) is 19.8 Å². The predicted octanol–water partition coefficient (Wildman–Crippen LogP) is 3.39. The summed E-state index contributed by atoms with van der Waals surface area (Å²) in [5.74, 6) is 0.142. The van der Waals surface area contributed by atoms with Crippen molar-refractivity contribution >= 4 is 5.97 Å². The largest absolute Gasteiger partial charge is 0.466 e. The van der Waals surface area contributed by atoms with Gasteiger partial charge in [0.1, 0.15) is 0 Å². The minimum Gasteiger partial charge on any atom is -0.466 e. The van der Waals surface area contributed by atoms with Crippen molar-refractivity contribution in [2.45, 2.75) is 60.7 Å². The Hall–Kier alpha value is -0.610. The first-order valence-corrected chi connectivity index (χ1v) is 7.06. The molecule has 4 heteroatoms. The molecule has 0 bridgehead atoms. The molecule has 1 aliphatic heterocycles. The van der Waals surface area contributed by atoms with Crippen molar-refractivity contribution < 1.29 is 19.0 Å². The number of ether oxygens (including phenoxy) is 3. The summed E-state index contributed by atoms with van der Waals surface area (Å²) in [4.78, 5) is 11.4. The zero-order valence-electron chi connectivity index (χ0n) is 13.5. The van der Waals surface area contributed by atoms with Crippen molar-refractivity contribution in [3.63, 3.8) is 0 Å². The lowest BCUT2D eigenvalue weighted by Gasteiger charge is -2.23. The van der Waals surface area contributed by atoms with E-state index < -0.39 is 0 Å². The highest BCUT2D eigenvalue weighted by Gasteiger charge is 2.29. The Labute approximate surface area is 117 Å². The summed E-state index contributed by atoms with van der Waals surface area (Å²) in [5.41, 5.74) is -0.329. The van der Waals surface area contributed by atoms with E-state index in [1.165, 1.54) is 0 Å². The van der Waals surface area contributed by atoms with E-state index in [0.717, 1.165) is 19.6 Å². The molecule has 0 amide bonds. The molecule has 0 spiro atoms. The zero-order valence-corrected chi connectivity index (χ0v) is 13.5. The van der Waals surface area contributed by atoms with Crippen molar-refractivity contribution in [2.24, 2.45) is 11.3 Å². The average molecular weight is 274 g/mol. The number of carbonyl (C=O) groups is 1. The standard InChI is InChI=1S/C10H20O2.C5H10O2/c1-6-12-9(11)10(4,5)7-8(2)3;1-5(2)6-3-4-7-5/h8H,6-7H2,1-5H3;3-4H2,1-2H3. The second-order valence-electron chi connectivity index (χ2n) is 6.30. The lowest BCUT2D eigenvalue weighted by Crippen LogP contribution is -2.28. The second-order valence-corrected chi connectivity index (χ2v) is 6.30. The van der Waals surface area contributed by atoms with Gasteiger partial charge in [0.25, 0.3) is 0 Å². The molecule has 1 fully saturated rings. The van der Waals surface area contributed by atoms with Gasteiger partial charge in [0.15, 0.2) is 5.79 Å². The molecule has 0 aromatic rings. The lowest BCUT2D eigenvalue weighted by atomic mass is 9.84. The van der Waals surface area contributed by atoms with Crippen molar-refractivity contribution in [3.8, 4) is 0 Å². The van der Waals surface area contributed by atoms with Crippen molar-refractivity contribution in [3.05, 3.63) is 0 Å². The number of esters is 1. The topological polar surface area (TPSA) is 44.8 Å². The average Bonchev–Trinajstić information content (AvgIpc) is 2.62. The van der Waals surface area contributed by atoms with Crippen LogP contribution in [0.15, 0.2) is 0 Å². The van der Waals surface area contributed by atoms with E-state index in [9.17, 15) is 4.79 Å². The van der Waals surface area contributed by atoms with E-state index in [1.807, 2.05) is 34.6 Å². The fraction of sp³-hybridized carbons (Fsp3) is 0.933. The minimum absolute atomic E-state index is 0.0845. The molecule has 1 aliphatic rings. The van der Waals surface area contributed by atoms with E-state index in [2.05, 4.69) is 13.8 Å². The molecule has 19 heavy (non-hydrogen) atoms. The van der Waals surface area contributed by atoms with Crippen LogP contribution in [-0.2, 0) is 19.0 Å². The molecule has 0 N–H and O–H groups in total. The van der Waals surface area contributed by atoms with Gasteiger partial charge >= 0.3 is 5.97 Å². The third-order valence-corrected chi connectivity index (χ3v) is 2.73. The Morgan fingerprint density at radius 3 is 2.00 bits per heavy atom. The van der Waals surface area contributed by atoms with Gasteiger partial charge in [-0.1, -0.05) is 13.8 Å². The first-order chi connectivity index (χ1) is 8.60. The summed E-state index contributed by atoms with van der Waals surface area (Å²) in [7, 11) is 0. The molecule has 0 unspecified atom stereocenters. The van der Waals surface area contributed by atoms with Crippen LogP contribution in [0.2, 0.25) is 0 Å². The fourth-order valence-corrected chi connectivity index (χ4v) is 2.05. The Bertz CT molecular complexity index is 261. The van der Waals surface area contributed by atoms with Crippen molar-refractivity contribution in [1.29, 1.82) is 0 Å². The first-order valence-electron chi connectivity index (χ1n) is 7.06. The van der Waals surface area contributed by atoms with Crippen molar-refractivity contribution in [1.82, 2.24) is 0 Å². The Morgan fingerprint density at radius 1 is 1.26 bits per heavy atom. The normalized spacial score (nSPS) is 17.9. The molecule has 4 nitrogen and oxygen atoms in total. The number of rotatable bonds is 4. The first kappa shape index (κ1) is 18.4. The van der Waals surface area contributed by atoms with E-state index in [4.69, 9.17) is 14.2 Å². The highest BCUT2D eigenvalue weighted by Crippen LogP contribution is 2.26. The summed E-state index contributed by atoms with van der Waals surface area (Å²) < 4.78 is 15.2. The van der Waals surface area contributed by atoms with Crippen LogP contribution < -0.4 is 0 Å². The molecular weight excluding hydrogens is 244 g/mol. The molecule has 0 atom stereocenters. The monoisotopic (exact) mass is 274 g/mol. The van der Waals surface area contributed by atoms with Crippen LogP contribution in [0.4, 0.5) is 0 Å². The molecule has 1 saturated heterocycles. The Balaban J connectivity index is 0.000000388. The van der Waals surface area contributed by atoms with Gasteiger partial charge in [-0.3, -0.25) is 4.79 Å². The molecule has 0 aliphatic carbocycles. The van der Waals surface area contributed by atoms with Gasteiger partial charge in [-0.2, -0.15) is 0 Å². The highest BCUT2D eigenvalue weighted by molar-refractivity contribution is 5.75. The summed E-state index contributed by atoms with van der Waals surface area (Å²) in [6.45, 7) is 15.7.